The van der Waals surface area contributed by atoms with Crippen LogP contribution in [-0.4, -0.2) is 17.3 Å². The van der Waals surface area contributed by atoms with Gasteiger partial charge in [0.15, 0.2) is 11.5 Å². The molecule has 1 aliphatic heterocycles. The fourth-order valence-corrected chi connectivity index (χ4v) is 1.83. The third-order valence-corrected chi connectivity index (χ3v) is 2.54. The van der Waals surface area contributed by atoms with E-state index in [-0.39, 0.29) is 11.7 Å². The maximum Gasteiger partial charge on any atom is 0.249 e. The average Bonchev–Trinajstić information content (AvgIpc) is 2.24. The molecular weight excluding hydrogens is 234 g/mol. The first-order chi connectivity index (χ1) is 8.37. The molecule has 0 bridgehead atoms. The Bertz CT molecular complexity index is 508. The first kappa shape index (κ1) is 12.4. The maximum absolute atomic E-state index is 11.9. The van der Waals surface area contributed by atoms with Crippen molar-refractivity contribution in [2.45, 2.75) is 32.8 Å². The van der Waals surface area contributed by atoms with Crippen LogP contribution < -0.4 is 15.1 Å². The van der Waals surface area contributed by atoms with Crippen LogP contribution in [0.25, 0.3) is 0 Å². The van der Waals surface area contributed by atoms with Crippen LogP contribution >= 0.6 is 0 Å². The maximum atomic E-state index is 11.9. The molecule has 18 heavy (non-hydrogen) atoms. The summed E-state index contributed by atoms with van der Waals surface area (Å²) in [5, 5.41) is 0. The van der Waals surface area contributed by atoms with Crippen molar-refractivity contribution in [1.82, 2.24) is 5.48 Å². The Kier molecular flexibility index (Phi) is 2.98. The number of Topliss-reactive ketones (excluding diaryl/α,β-unsaturated/α-hetero) is 1. The minimum Gasteiger partial charge on any atom is -0.486 e. The van der Waals surface area contributed by atoms with Gasteiger partial charge in [-0.05, 0) is 26.0 Å². The van der Waals surface area contributed by atoms with E-state index in [0.29, 0.717) is 23.5 Å². The molecular formula is C13H15NO4. The van der Waals surface area contributed by atoms with Gasteiger partial charge >= 0.3 is 0 Å². The standard InChI is InChI=1S/C13H15NO4/c1-8(15)14-18-9-4-5-10-11(16)7-13(2,3)17-12(10)6-9/h4-6H,7H2,1-3H3,(H,14,15). The normalized spacial score (nSPS) is 16.5. The minimum absolute atomic E-state index is 0.0485. The lowest BCUT2D eigenvalue weighted by molar-refractivity contribution is -0.125. The van der Waals surface area contributed by atoms with Crippen molar-refractivity contribution < 1.29 is 19.2 Å². The van der Waals surface area contributed by atoms with E-state index in [0.717, 1.165) is 0 Å². The first-order valence-electron chi connectivity index (χ1n) is 5.67. The number of ether oxygens (including phenoxy) is 1. The highest BCUT2D eigenvalue weighted by molar-refractivity contribution is 6.00. The number of hydrogen-bond acceptors (Lipinski definition) is 4. The van der Waals surface area contributed by atoms with Crippen LogP contribution in [0.4, 0.5) is 0 Å². The minimum atomic E-state index is -0.517. The first-order valence-corrected chi connectivity index (χ1v) is 5.67. The second-order valence-corrected chi connectivity index (χ2v) is 4.88. The lowest BCUT2D eigenvalue weighted by Crippen LogP contribution is -2.35. The Balaban J connectivity index is 2.26. The predicted molar refractivity (Wildman–Crippen MR) is 64.5 cm³/mol. The number of carbonyl (C=O) groups excluding carboxylic acids is 2. The zero-order chi connectivity index (χ0) is 13.3. The van der Waals surface area contributed by atoms with Gasteiger partial charge < -0.3 is 9.57 Å². The van der Waals surface area contributed by atoms with Crippen molar-refractivity contribution in [3.63, 3.8) is 0 Å². The molecule has 5 heteroatoms. The summed E-state index contributed by atoms with van der Waals surface area (Å²) in [6.07, 6.45) is 0.353. The molecule has 1 N–H and O–H groups in total. The molecule has 1 aromatic carbocycles. The molecule has 1 aliphatic rings. The average molecular weight is 249 g/mol. The molecule has 0 aliphatic carbocycles. The SMILES string of the molecule is CC(=O)NOc1ccc2c(c1)OC(C)(C)CC2=O. The quantitative estimate of drug-likeness (QED) is 0.812. The highest BCUT2D eigenvalue weighted by Gasteiger charge is 2.32. The van der Waals surface area contributed by atoms with Gasteiger partial charge in [0.2, 0.25) is 5.91 Å². The Morgan fingerprint density at radius 1 is 1.44 bits per heavy atom. The van der Waals surface area contributed by atoms with Gasteiger partial charge in [0.25, 0.3) is 0 Å². The number of hydroxylamine groups is 1. The molecule has 0 radical (unpaired) electrons. The van der Waals surface area contributed by atoms with Crippen molar-refractivity contribution in [3.8, 4) is 11.5 Å². The van der Waals surface area contributed by atoms with Gasteiger partial charge in [0.05, 0.1) is 12.0 Å². The molecule has 5 nitrogen and oxygen atoms in total. The number of ketones is 1. The molecule has 0 fully saturated rings. The van der Waals surface area contributed by atoms with E-state index >= 15 is 0 Å². The summed E-state index contributed by atoms with van der Waals surface area (Å²) in [5.41, 5.74) is 2.25. The second-order valence-electron chi connectivity index (χ2n) is 4.88. The van der Waals surface area contributed by atoms with Gasteiger partial charge in [-0.3, -0.25) is 9.59 Å². The fraction of sp³-hybridized carbons (Fsp3) is 0.385. The number of rotatable bonds is 2. The van der Waals surface area contributed by atoms with Crippen molar-refractivity contribution in [1.29, 1.82) is 0 Å². The van der Waals surface area contributed by atoms with Crippen molar-refractivity contribution >= 4 is 11.7 Å². The van der Waals surface area contributed by atoms with Crippen LogP contribution in [0.1, 0.15) is 37.6 Å². The Morgan fingerprint density at radius 2 is 2.17 bits per heavy atom. The van der Waals surface area contributed by atoms with Gasteiger partial charge in [0.1, 0.15) is 11.4 Å². The third-order valence-electron chi connectivity index (χ3n) is 2.54. The smallest absolute Gasteiger partial charge is 0.249 e. The highest BCUT2D eigenvalue weighted by Crippen LogP contribution is 2.35. The molecule has 2 rings (SSSR count). The molecule has 0 saturated carbocycles. The Morgan fingerprint density at radius 3 is 2.83 bits per heavy atom. The molecule has 1 heterocycles. The van der Waals surface area contributed by atoms with Crippen LogP contribution in [0.15, 0.2) is 18.2 Å². The number of nitrogens with one attached hydrogen (secondary N) is 1. The van der Waals surface area contributed by atoms with Gasteiger partial charge in [-0.1, -0.05) is 0 Å². The number of amides is 1. The van der Waals surface area contributed by atoms with Crippen LogP contribution in [0.3, 0.4) is 0 Å². The van der Waals surface area contributed by atoms with E-state index in [2.05, 4.69) is 5.48 Å². The van der Waals surface area contributed by atoms with E-state index in [4.69, 9.17) is 9.57 Å². The largest absolute Gasteiger partial charge is 0.486 e. The summed E-state index contributed by atoms with van der Waals surface area (Å²) in [6.45, 7) is 5.06. The van der Waals surface area contributed by atoms with Gasteiger partial charge in [-0.2, -0.15) is 5.48 Å². The summed E-state index contributed by atoms with van der Waals surface area (Å²) in [4.78, 5) is 27.7. The monoisotopic (exact) mass is 249 g/mol. The molecule has 0 atom stereocenters. The van der Waals surface area contributed by atoms with Gasteiger partial charge in [-0.15, -0.1) is 0 Å². The zero-order valence-corrected chi connectivity index (χ0v) is 10.6. The molecule has 96 valence electrons. The summed E-state index contributed by atoms with van der Waals surface area (Å²) in [7, 11) is 0. The molecule has 0 aromatic heterocycles. The lowest BCUT2D eigenvalue weighted by atomic mass is 9.93. The zero-order valence-electron chi connectivity index (χ0n) is 10.6. The van der Waals surface area contributed by atoms with Crippen molar-refractivity contribution in [2.24, 2.45) is 0 Å². The second kappa shape index (κ2) is 4.33. The van der Waals surface area contributed by atoms with Crippen LogP contribution in [0, 0.1) is 0 Å². The van der Waals surface area contributed by atoms with Crippen LogP contribution in [0.5, 0.6) is 11.5 Å². The molecule has 0 unspecified atom stereocenters. The number of benzene rings is 1. The van der Waals surface area contributed by atoms with Crippen LogP contribution in [-0.2, 0) is 4.79 Å². The van der Waals surface area contributed by atoms with Gasteiger partial charge in [0, 0.05) is 13.0 Å². The van der Waals surface area contributed by atoms with E-state index < -0.39 is 5.60 Å². The fourth-order valence-electron chi connectivity index (χ4n) is 1.83. The predicted octanol–water partition coefficient (Wildman–Crippen LogP) is 1.86. The van der Waals surface area contributed by atoms with E-state index in [1.807, 2.05) is 13.8 Å². The summed E-state index contributed by atoms with van der Waals surface area (Å²) < 4.78 is 5.72. The molecule has 0 saturated heterocycles. The Labute approximate surface area is 105 Å². The van der Waals surface area contributed by atoms with Crippen LogP contribution in [0.2, 0.25) is 0 Å². The molecule has 0 spiro atoms. The van der Waals surface area contributed by atoms with Crippen molar-refractivity contribution in [2.75, 3.05) is 0 Å². The van der Waals surface area contributed by atoms with Gasteiger partial charge in [-0.25, -0.2) is 0 Å². The number of carbonyl (C=O) groups is 2. The van der Waals surface area contributed by atoms with Crippen molar-refractivity contribution in [3.05, 3.63) is 23.8 Å². The van der Waals surface area contributed by atoms with E-state index in [9.17, 15) is 9.59 Å². The lowest BCUT2D eigenvalue weighted by Gasteiger charge is -2.31. The summed E-state index contributed by atoms with van der Waals surface area (Å²) >= 11 is 0. The summed E-state index contributed by atoms with van der Waals surface area (Å²) in [6, 6.07) is 4.86. The summed E-state index contributed by atoms with van der Waals surface area (Å²) in [5.74, 6) is 0.658. The third kappa shape index (κ3) is 2.61. The Hall–Kier alpha value is -2.04. The molecule has 1 amide bonds. The van der Waals surface area contributed by atoms with E-state index in [1.165, 1.54) is 6.92 Å². The van der Waals surface area contributed by atoms with E-state index in [1.54, 1.807) is 18.2 Å². The number of hydrogen-bond donors (Lipinski definition) is 1. The highest BCUT2D eigenvalue weighted by atomic mass is 16.7. The molecule has 1 aromatic rings. The topological polar surface area (TPSA) is 64.6 Å². The number of fused-ring (bicyclic) bond motifs is 1.